The van der Waals surface area contributed by atoms with Crippen LogP contribution in [0.4, 0.5) is 52.7 Å². The summed E-state index contributed by atoms with van der Waals surface area (Å²) in [5, 5.41) is 0. The van der Waals surface area contributed by atoms with E-state index in [0.29, 0.717) is 25.7 Å². The standard InChI is InChI=1S/C37H68F12O10Si5/c1-10-11-26-61(6,27-15-34(38,39)40)57-63(8,29-17-36(44,45)46)59-64(9,30-18-37(47,48)49)58-62(7,28-16-35(41,42)43)56-60(4,5)25-13-20-53-21-23-54-32(50)14-12-19-52-22-24-55-33(51)31(2)3/h2,10-30H2,1,3-9H3. The van der Waals surface area contributed by atoms with Crippen LogP contribution in [-0.2, 0) is 45.0 Å². The Balaban J connectivity index is 6.04. The van der Waals surface area contributed by atoms with Crippen LogP contribution in [-0.4, -0.2) is 119 Å². The first-order valence-electron chi connectivity index (χ1n) is 21.1. The van der Waals surface area contributed by atoms with Gasteiger partial charge < -0.3 is 35.4 Å². The normalized spacial score (nSPS) is 16.9. The molecule has 0 rings (SSSR count). The number of esters is 2. The third kappa shape index (κ3) is 33.2. The van der Waals surface area contributed by atoms with E-state index in [9.17, 15) is 62.3 Å². The van der Waals surface area contributed by atoms with Gasteiger partial charge in [-0.05, 0) is 95.3 Å². The molecule has 0 N–H and O–H groups in total. The summed E-state index contributed by atoms with van der Waals surface area (Å²) in [4.78, 5) is 23.3. The third-order valence-corrected chi connectivity index (χ3v) is 31.7. The Morgan fingerprint density at radius 2 is 0.891 bits per heavy atom. The van der Waals surface area contributed by atoms with Gasteiger partial charge in [-0.25, -0.2) is 4.79 Å². The molecule has 0 saturated heterocycles. The highest BCUT2D eigenvalue weighted by atomic mass is 28.5. The highest BCUT2D eigenvalue weighted by molar-refractivity contribution is 6.91. The van der Waals surface area contributed by atoms with E-state index in [4.69, 9.17) is 35.4 Å². The monoisotopic (exact) mass is 1040 g/mol. The molecule has 4 atom stereocenters. The summed E-state index contributed by atoms with van der Waals surface area (Å²) < 4.78 is 210. The summed E-state index contributed by atoms with van der Waals surface area (Å²) in [6.07, 6.45) is -23.4. The molecule has 0 saturated carbocycles. The topological polar surface area (TPSA) is 108 Å². The second kappa shape index (κ2) is 27.6. The first kappa shape index (κ1) is 62.7. The molecular formula is C37H68F12O10Si5. The Morgan fingerprint density at radius 3 is 1.33 bits per heavy atom. The minimum atomic E-state index is -4.85. The molecule has 0 heterocycles. The molecule has 27 heteroatoms. The number of halogens is 12. The summed E-state index contributed by atoms with van der Waals surface area (Å²) in [6, 6.07) is -2.85. The van der Waals surface area contributed by atoms with Gasteiger partial charge in [0.2, 0.25) is 0 Å². The SMILES string of the molecule is C=C(C)C(=O)OCCOCCCC(=O)OCCOCCC[Si](C)(C)O[Si](C)(CCC(F)(F)F)O[Si](C)(CCC(F)(F)F)O[Si](C)(CCC(F)(F)F)O[Si](C)(CCCC)CCC(F)(F)F. The van der Waals surface area contributed by atoms with E-state index < -0.39 is 129 Å². The molecule has 4 unspecified atom stereocenters. The maximum Gasteiger partial charge on any atom is 0.389 e. The lowest BCUT2D eigenvalue weighted by molar-refractivity contribution is -0.145. The molecule has 10 nitrogen and oxygen atoms in total. The molecule has 0 aromatic heterocycles. The van der Waals surface area contributed by atoms with Crippen LogP contribution in [0.15, 0.2) is 12.2 Å². The maximum absolute atomic E-state index is 13.8. The summed E-state index contributed by atoms with van der Waals surface area (Å²) in [5.41, 5.74) is 0.253. The smallest absolute Gasteiger partial charge is 0.389 e. The van der Waals surface area contributed by atoms with Gasteiger partial charge in [-0.1, -0.05) is 26.3 Å². The Hall–Kier alpha value is -1.32. The number of alkyl halides is 12. The molecule has 0 fully saturated rings. The number of carbonyl (C=O) groups is 2. The molecule has 0 spiro atoms. The molecule has 0 aromatic carbocycles. The van der Waals surface area contributed by atoms with Gasteiger partial charge in [0.05, 0.1) is 13.2 Å². The zero-order valence-electron chi connectivity index (χ0n) is 38.2. The molecule has 380 valence electrons. The second-order valence-corrected chi connectivity index (χ2v) is 36.6. The van der Waals surface area contributed by atoms with E-state index in [-0.39, 0.29) is 63.7 Å². The van der Waals surface area contributed by atoms with Crippen molar-refractivity contribution in [3.05, 3.63) is 12.2 Å². The predicted molar refractivity (Wildman–Crippen MR) is 227 cm³/mol. The second-order valence-electron chi connectivity index (χ2n) is 17.2. The highest BCUT2D eigenvalue weighted by Gasteiger charge is 2.54. The number of carbonyl (C=O) groups excluding carboxylic acids is 2. The van der Waals surface area contributed by atoms with Gasteiger partial charge in [0, 0.05) is 50.9 Å². The zero-order valence-corrected chi connectivity index (χ0v) is 43.2. The van der Waals surface area contributed by atoms with Gasteiger partial charge in [0.1, 0.15) is 13.2 Å². The first-order chi connectivity index (χ1) is 28.9. The fourth-order valence-corrected chi connectivity index (χ4v) is 33.3. The van der Waals surface area contributed by atoms with Crippen molar-refractivity contribution in [3.63, 3.8) is 0 Å². The number of ether oxygens (including phenoxy) is 4. The lowest BCUT2D eigenvalue weighted by Gasteiger charge is -2.46. The van der Waals surface area contributed by atoms with E-state index >= 15 is 0 Å². The van der Waals surface area contributed by atoms with Crippen molar-refractivity contribution in [2.24, 2.45) is 0 Å². The average Bonchev–Trinajstić information content (AvgIpc) is 3.11. The van der Waals surface area contributed by atoms with Crippen molar-refractivity contribution in [3.8, 4) is 0 Å². The quantitative estimate of drug-likeness (QED) is 0.0203. The summed E-state index contributed by atoms with van der Waals surface area (Å²) in [7, 11) is -19.9. The van der Waals surface area contributed by atoms with Crippen LogP contribution in [0.25, 0.3) is 0 Å². The van der Waals surface area contributed by atoms with Crippen LogP contribution >= 0.6 is 0 Å². The Kier molecular flexibility index (Phi) is 27.1. The average molecular weight is 1040 g/mol. The van der Waals surface area contributed by atoms with Gasteiger partial charge in [-0.15, -0.1) is 0 Å². The number of rotatable bonds is 34. The lowest BCUT2D eigenvalue weighted by atomic mass is 10.3. The molecule has 0 bridgehead atoms. The molecule has 0 amide bonds. The van der Waals surface area contributed by atoms with E-state index in [1.165, 1.54) is 20.0 Å². The molecule has 0 aliphatic carbocycles. The molecule has 0 aliphatic rings. The summed E-state index contributed by atoms with van der Waals surface area (Å²) in [6.45, 7) is 15.4. The van der Waals surface area contributed by atoms with Crippen molar-refractivity contribution in [2.45, 2.75) is 172 Å². The molecule has 64 heavy (non-hydrogen) atoms. The van der Waals surface area contributed by atoms with Gasteiger partial charge in [-0.2, -0.15) is 52.7 Å². The van der Waals surface area contributed by atoms with E-state index in [0.717, 1.165) is 13.1 Å². The molecule has 0 radical (unpaired) electrons. The predicted octanol–water partition coefficient (Wildman–Crippen LogP) is 12.5. The van der Waals surface area contributed by atoms with Gasteiger partial charge in [0.25, 0.3) is 0 Å². The Labute approximate surface area is 374 Å². The van der Waals surface area contributed by atoms with Crippen LogP contribution in [0, 0.1) is 0 Å². The zero-order chi connectivity index (χ0) is 49.7. The van der Waals surface area contributed by atoms with Crippen molar-refractivity contribution < 1.29 is 97.7 Å². The van der Waals surface area contributed by atoms with Crippen molar-refractivity contribution >= 4 is 54.3 Å². The number of hydrogen-bond donors (Lipinski definition) is 0. The highest BCUT2D eigenvalue weighted by Crippen LogP contribution is 2.41. The van der Waals surface area contributed by atoms with Crippen LogP contribution in [0.3, 0.4) is 0 Å². The largest absolute Gasteiger partial charge is 0.463 e. The van der Waals surface area contributed by atoms with Crippen LogP contribution in [0.5, 0.6) is 0 Å². The third-order valence-electron chi connectivity index (χ3n) is 9.44. The van der Waals surface area contributed by atoms with Gasteiger partial charge in [-0.3, -0.25) is 4.79 Å². The summed E-state index contributed by atoms with van der Waals surface area (Å²) >= 11 is 0. The molecule has 0 aliphatic heterocycles. The van der Waals surface area contributed by atoms with Crippen molar-refractivity contribution in [1.29, 1.82) is 0 Å². The number of hydrogen-bond acceptors (Lipinski definition) is 10. The van der Waals surface area contributed by atoms with Crippen molar-refractivity contribution in [2.75, 3.05) is 39.6 Å². The molecule has 0 aromatic rings. The fourth-order valence-electron chi connectivity index (χ4n) is 6.45. The molecular weight excluding hydrogens is 973 g/mol. The minimum Gasteiger partial charge on any atom is -0.463 e. The van der Waals surface area contributed by atoms with Crippen LogP contribution in [0.1, 0.15) is 71.6 Å². The van der Waals surface area contributed by atoms with E-state index in [1.54, 1.807) is 20.0 Å². The van der Waals surface area contributed by atoms with Crippen LogP contribution in [0.2, 0.25) is 75.5 Å². The summed E-state index contributed by atoms with van der Waals surface area (Å²) in [5.74, 6) is -1.05. The van der Waals surface area contributed by atoms with E-state index in [1.807, 2.05) is 0 Å². The van der Waals surface area contributed by atoms with E-state index in [2.05, 4.69) is 6.58 Å². The Bertz CT molecular complexity index is 1390. The first-order valence-corrected chi connectivity index (χ1v) is 34.7. The van der Waals surface area contributed by atoms with Gasteiger partial charge >= 0.3 is 62.3 Å². The van der Waals surface area contributed by atoms with Crippen molar-refractivity contribution in [1.82, 2.24) is 0 Å². The maximum atomic E-state index is 13.8. The number of unbranched alkanes of at least 4 members (excludes halogenated alkanes) is 1. The minimum absolute atomic E-state index is 0.0104. The van der Waals surface area contributed by atoms with Crippen LogP contribution < -0.4 is 0 Å². The fraction of sp³-hybridized carbons (Fsp3) is 0.892. The Morgan fingerprint density at radius 1 is 0.484 bits per heavy atom. The van der Waals surface area contributed by atoms with Gasteiger partial charge in [0.15, 0.2) is 16.6 Å². The lowest BCUT2D eigenvalue weighted by Crippen LogP contribution is -2.62.